The SMILES string of the molecule is CC(C)(C)OC(=O)N1CCC[C@H]([C@](O)(CN)c2ccccc2)C1. The molecule has 23 heavy (non-hydrogen) atoms. The first kappa shape index (κ1) is 17.8. The summed E-state index contributed by atoms with van der Waals surface area (Å²) < 4.78 is 5.45. The van der Waals surface area contributed by atoms with Crippen LogP contribution in [0.2, 0.25) is 0 Å². The molecule has 0 unspecified atom stereocenters. The summed E-state index contributed by atoms with van der Waals surface area (Å²) in [5.74, 6) is -0.101. The lowest BCUT2D eigenvalue weighted by Gasteiger charge is -2.42. The number of benzene rings is 1. The summed E-state index contributed by atoms with van der Waals surface area (Å²) in [5, 5.41) is 11.1. The van der Waals surface area contributed by atoms with Crippen LogP contribution in [0, 0.1) is 5.92 Å². The zero-order chi connectivity index (χ0) is 17.1. The van der Waals surface area contributed by atoms with Crippen molar-refractivity contribution < 1.29 is 14.6 Å². The Bertz CT molecular complexity index is 527. The Labute approximate surface area is 138 Å². The van der Waals surface area contributed by atoms with Crippen LogP contribution in [0.1, 0.15) is 39.2 Å². The highest BCUT2D eigenvalue weighted by molar-refractivity contribution is 5.68. The molecule has 5 nitrogen and oxygen atoms in total. The topological polar surface area (TPSA) is 75.8 Å². The molecule has 1 amide bonds. The maximum absolute atomic E-state index is 12.3. The average molecular weight is 320 g/mol. The third-order valence-corrected chi connectivity index (χ3v) is 4.33. The molecule has 3 N–H and O–H groups in total. The number of carbonyl (C=O) groups is 1. The van der Waals surface area contributed by atoms with Crippen LogP contribution in [0.5, 0.6) is 0 Å². The van der Waals surface area contributed by atoms with E-state index in [9.17, 15) is 9.90 Å². The Morgan fingerprint density at radius 2 is 2.00 bits per heavy atom. The monoisotopic (exact) mass is 320 g/mol. The number of hydrogen-bond acceptors (Lipinski definition) is 4. The highest BCUT2D eigenvalue weighted by Gasteiger charge is 2.41. The molecule has 1 saturated heterocycles. The minimum atomic E-state index is -1.12. The van der Waals surface area contributed by atoms with Crippen LogP contribution < -0.4 is 5.73 Å². The lowest BCUT2D eigenvalue weighted by molar-refractivity contribution is -0.0502. The van der Waals surface area contributed by atoms with Crippen LogP contribution in [0.3, 0.4) is 0 Å². The van der Waals surface area contributed by atoms with E-state index in [1.54, 1.807) is 4.90 Å². The molecule has 1 aromatic rings. The fourth-order valence-electron chi connectivity index (χ4n) is 3.11. The fourth-order valence-corrected chi connectivity index (χ4v) is 3.11. The van der Waals surface area contributed by atoms with Crippen LogP contribution in [0.15, 0.2) is 30.3 Å². The van der Waals surface area contributed by atoms with E-state index >= 15 is 0 Å². The average Bonchev–Trinajstić information content (AvgIpc) is 2.53. The van der Waals surface area contributed by atoms with Gasteiger partial charge < -0.3 is 20.5 Å². The number of ether oxygens (including phenoxy) is 1. The summed E-state index contributed by atoms with van der Waals surface area (Å²) in [5.41, 5.74) is 5.07. The molecule has 0 radical (unpaired) electrons. The van der Waals surface area contributed by atoms with Gasteiger partial charge in [0, 0.05) is 25.6 Å². The van der Waals surface area contributed by atoms with E-state index in [2.05, 4.69) is 0 Å². The Hall–Kier alpha value is -1.59. The largest absolute Gasteiger partial charge is 0.444 e. The Morgan fingerprint density at radius 3 is 2.57 bits per heavy atom. The van der Waals surface area contributed by atoms with Crippen molar-refractivity contribution in [3.63, 3.8) is 0 Å². The van der Waals surface area contributed by atoms with Crippen molar-refractivity contribution in [2.45, 2.75) is 44.8 Å². The number of carbonyl (C=O) groups excluding carboxylic acids is 1. The van der Waals surface area contributed by atoms with Gasteiger partial charge >= 0.3 is 6.09 Å². The molecule has 0 spiro atoms. The molecule has 2 rings (SSSR count). The van der Waals surface area contributed by atoms with Crippen molar-refractivity contribution in [1.82, 2.24) is 4.90 Å². The summed E-state index contributed by atoms with van der Waals surface area (Å²) in [6.45, 7) is 6.80. The second-order valence-electron chi connectivity index (χ2n) is 7.26. The van der Waals surface area contributed by atoms with Crippen LogP contribution >= 0.6 is 0 Å². The number of hydrogen-bond donors (Lipinski definition) is 2. The molecular weight excluding hydrogens is 292 g/mol. The predicted molar refractivity (Wildman–Crippen MR) is 89.9 cm³/mol. The molecule has 0 saturated carbocycles. The van der Waals surface area contributed by atoms with Gasteiger partial charge in [-0.05, 0) is 39.2 Å². The van der Waals surface area contributed by atoms with E-state index in [1.807, 2.05) is 51.1 Å². The van der Waals surface area contributed by atoms with Gasteiger partial charge in [-0.1, -0.05) is 30.3 Å². The van der Waals surface area contributed by atoms with Gasteiger partial charge in [0.25, 0.3) is 0 Å². The van der Waals surface area contributed by atoms with Gasteiger partial charge in [0.1, 0.15) is 11.2 Å². The third-order valence-electron chi connectivity index (χ3n) is 4.33. The summed E-state index contributed by atoms with van der Waals surface area (Å²) in [7, 11) is 0. The minimum absolute atomic E-state index is 0.101. The van der Waals surface area contributed by atoms with Crippen molar-refractivity contribution >= 4 is 6.09 Å². The van der Waals surface area contributed by atoms with Crippen molar-refractivity contribution in [1.29, 1.82) is 0 Å². The normalized spacial score (nSPS) is 21.6. The highest BCUT2D eigenvalue weighted by Crippen LogP contribution is 2.35. The van der Waals surface area contributed by atoms with Crippen molar-refractivity contribution in [2.75, 3.05) is 19.6 Å². The van der Waals surface area contributed by atoms with Crippen molar-refractivity contribution in [2.24, 2.45) is 11.7 Å². The molecule has 0 aliphatic carbocycles. The number of amides is 1. The number of piperidine rings is 1. The van der Waals surface area contributed by atoms with Crippen molar-refractivity contribution in [3.05, 3.63) is 35.9 Å². The van der Waals surface area contributed by atoms with Gasteiger partial charge in [-0.25, -0.2) is 4.79 Å². The molecule has 1 aliphatic heterocycles. The number of aliphatic hydroxyl groups is 1. The summed E-state index contributed by atoms with van der Waals surface area (Å²) in [6.07, 6.45) is 1.34. The van der Waals surface area contributed by atoms with Gasteiger partial charge in [-0.15, -0.1) is 0 Å². The van der Waals surface area contributed by atoms with Crippen LogP contribution in [-0.4, -0.2) is 41.3 Å². The fraction of sp³-hybridized carbons (Fsp3) is 0.611. The van der Waals surface area contributed by atoms with Crippen LogP contribution in [0.25, 0.3) is 0 Å². The van der Waals surface area contributed by atoms with Gasteiger partial charge in [0.2, 0.25) is 0 Å². The smallest absolute Gasteiger partial charge is 0.410 e. The molecule has 0 bridgehead atoms. The predicted octanol–water partition coefficient (Wildman–Crippen LogP) is 2.48. The molecule has 5 heteroatoms. The number of likely N-dealkylation sites (tertiary alicyclic amines) is 1. The number of rotatable bonds is 3. The van der Waals surface area contributed by atoms with Crippen LogP contribution in [-0.2, 0) is 10.3 Å². The Morgan fingerprint density at radius 1 is 1.35 bits per heavy atom. The minimum Gasteiger partial charge on any atom is -0.444 e. The van der Waals surface area contributed by atoms with E-state index in [4.69, 9.17) is 10.5 Å². The molecule has 1 fully saturated rings. The summed E-state index contributed by atoms with van der Waals surface area (Å²) in [6, 6.07) is 9.47. The van der Waals surface area contributed by atoms with Gasteiger partial charge in [0.15, 0.2) is 0 Å². The molecular formula is C18H28N2O3. The molecule has 2 atom stereocenters. The second-order valence-corrected chi connectivity index (χ2v) is 7.26. The lowest BCUT2D eigenvalue weighted by atomic mass is 9.77. The molecule has 0 aromatic heterocycles. The standard InChI is InChI=1S/C18H28N2O3/c1-17(2,3)23-16(21)20-11-7-10-15(12-20)18(22,13-19)14-8-5-4-6-9-14/h4-6,8-9,15,22H,7,10-13,19H2,1-3H3/t15-,18-/m0/s1. The molecule has 1 heterocycles. The first-order valence-corrected chi connectivity index (χ1v) is 8.22. The zero-order valence-electron chi connectivity index (χ0n) is 14.3. The van der Waals surface area contributed by atoms with E-state index in [0.717, 1.165) is 18.4 Å². The number of nitrogens with zero attached hydrogens (tertiary/aromatic N) is 1. The van der Waals surface area contributed by atoms with Gasteiger partial charge in [0.05, 0.1) is 0 Å². The first-order chi connectivity index (χ1) is 10.8. The summed E-state index contributed by atoms with van der Waals surface area (Å²) in [4.78, 5) is 14.0. The second kappa shape index (κ2) is 6.89. The molecule has 1 aromatic carbocycles. The maximum atomic E-state index is 12.3. The van der Waals surface area contributed by atoms with Crippen LogP contribution in [0.4, 0.5) is 4.79 Å². The Balaban J connectivity index is 2.15. The quantitative estimate of drug-likeness (QED) is 0.897. The van der Waals surface area contributed by atoms with E-state index in [0.29, 0.717) is 13.1 Å². The van der Waals surface area contributed by atoms with E-state index < -0.39 is 11.2 Å². The third kappa shape index (κ3) is 4.24. The maximum Gasteiger partial charge on any atom is 0.410 e. The lowest BCUT2D eigenvalue weighted by Crippen LogP contribution is -2.51. The van der Waals surface area contributed by atoms with E-state index in [-0.39, 0.29) is 18.6 Å². The number of nitrogens with two attached hydrogens (primary N) is 1. The van der Waals surface area contributed by atoms with Gasteiger partial charge in [-0.3, -0.25) is 0 Å². The molecule has 1 aliphatic rings. The highest BCUT2D eigenvalue weighted by atomic mass is 16.6. The first-order valence-electron chi connectivity index (χ1n) is 8.22. The Kier molecular flexibility index (Phi) is 5.32. The molecule has 128 valence electrons. The summed E-state index contributed by atoms with van der Waals surface area (Å²) >= 11 is 0. The van der Waals surface area contributed by atoms with Gasteiger partial charge in [-0.2, -0.15) is 0 Å². The zero-order valence-corrected chi connectivity index (χ0v) is 14.3. The van der Waals surface area contributed by atoms with Crippen molar-refractivity contribution in [3.8, 4) is 0 Å². The van der Waals surface area contributed by atoms with E-state index in [1.165, 1.54) is 0 Å².